The molecule has 6 heteroatoms. The highest BCUT2D eigenvalue weighted by Crippen LogP contribution is 2.37. The van der Waals surface area contributed by atoms with Gasteiger partial charge in [-0.15, -0.1) is 11.3 Å². The minimum absolute atomic E-state index is 0.473. The number of fused-ring (bicyclic) bond motifs is 2. The van der Waals surface area contributed by atoms with Gasteiger partial charge < -0.3 is 5.73 Å². The van der Waals surface area contributed by atoms with Crippen molar-refractivity contribution in [3.05, 3.63) is 66.1 Å². The lowest BCUT2D eigenvalue weighted by Gasteiger charge is -2.20. The van der Waals surface area contributed by atoms with E-state index < -0.39 is 0 Å². The van der Waals surface area contributed by atoms with E-state index >= 15 is 0 Å². The van der Waals surface area contributed by atoms with E-state index in [0.717, 1.165) is 39.2 Å². The molecule has 31 heavy (non-hydrogen) atoms. The van der Waals surface area contributed by atoms with Gasteiger partial charge in [0.15, 0.2) is 0 Å². The first kappa shape index (κ1) is 18.5. The monoisotopic (exact) mass is 425 g/mol. The Hall–Kier alpha value is -3.25. The fourth-order valence-electron chi connectivity index (χ4n) is 4.76. The van der Waals surface area contributed by atoms with Crippen LogP contribution in [0.15, 0.2) is 60.2 Å². The zero-order chi connectivity index (χ0) is 20.8. The fourth-order valence-corrected chi connectivity index (χ4v) is 5.46. The third kappa shape index (κ3) is 3.18. The summed E-state index contributed by atoms with van der Waals surface area (Å²) in [5.41, 5.74) is 11.1. The summed E-state index contributed by atoms with van der Waals surface area (Å²) in [6.45, 7) is 0. The van der Waals surface area contributed by atoms with Crippen molar-refractivity contribution >= 4 is 33.6 Å². The second kappa shape index (κ2) is 7.46. The van der Waals surface area contributed by atoms with Crippen LogP contribution in [0.3, 0.4) is 0 Å². The lowest BCUT2D eigenvalue weighted by Crippen LogP contribution is -2.09. The predicted molar refractivity (Wildman–Crippen MR) is 127 cm³/mol. The van der Waals surface area contributed by atoms with Gasteiger partial charge in [-0.2, -0.15) is 0 Å². The first-order chi connectivity index (χ1) is 15.3. The summed E-state index contributed by atoms with van der Waals surface area (Å²) in [7, 11) is 0. The van der Waals surface area contributed by atoms with Crippen LogP contribution >= 0.6 is 11.3 Å². The van der Waals surface area contributed by atoms with E-state index in [0.29, 0.717) is 11.7 Å². The molecule has 0 saturated heterocycles. The van der Waals surface area contributed by atoms with E-state index in [2.05, 4.69) is 57.2 Å². The topological polar surface area (TPSA) is 69.1 Å². The molecule has 0 radical (unpaired) electrons. The number of rotatable bonds is 3. The largest absolute Gasteiger partial charge is 0.382 e. The Balaban J connectivity index is 1.52. The molecule has 1 aromatic carbocycles. The minimum atomic E-state index is 0.473. The second-order valence-corrected chi connectivity index (χ2v) is 9.21. The highest BCUT2D eigenvalue weighted by Gasteiger charge is 2.24. The molecule has 0 bridgehead atoms. The van der Waals surface area contributed by atoms with Crippen LogP contribution in [-0.4, -0.2) is 19.4 Å². The quantitative estimate of drug-likeness (QED) is 0.368. The number of hydrogen-bond donors (Lipinski definition) is 1. The first-order valence-corrected chi connectivity index (χ1v) is 11.7. The van der Waals surface area contributed by atoms with E-state index in [1.54, 1.807) is 17.5 Å². The van der Waals surface area contributed by atoms with Gasteiger partial charge >= 0.3 is 0 Å². The molecule has 1 aliphatic rings. The number of nitrogens with zero attached hydrogens (tertiary/aromatic N) is 4. The Bertz CT molecular complexity index is 1380. The number of hydrogen-bond acceptors (Lipinski definition) is 5. The van der Waals surface area contributed by atoms with E-state index in [4.69, 9.17) is 15.7 Å². The molecule has 4 aromatic heterocycles. The van der Waals surface area contributed by atoms with Crippen molar-refractivity contribution in [1.29, 1.82) is 0 Å². The maximum Gasteiger partial charge on any atom is 0.150 e. The van der Waals surface area contributed by atoms with E-state index in [1.165, 1.54) is 37.0 Å². The number of thiophene rings is 1. The third-order valence-corrected chi connectivity index (χ3v) is 7.21. The van der Waals surface area contributed by atoms with Gasteiger partial charge in [-0.25, -0.2) is 15.0 Å². The number of aromatic nitrogens is 4. The van der Waals surface area contributed by atoms with Crippen molar-refractivity contribution in [2.45, 2.75) is 38.0 Å². The number of benzene rings is 1. The van der Waals surface area contributed by atoms with Crippen molar-refractivity contribution in [2.24, 2.45) is 0 Å². The summed E-state index contributed by atoms with van der Waals surface area (Å²) >= 11 is 1.71. The van der Waals surface area contributed by atoms with Crippen LogP contribution in [0, 0.1) is 0 Å². The molecule has 1 aliphatic carbocycles. The maximum absolute atomic E-state index is 6.35. The Kier molecular flexibility index (Phi) is 4.46. The molecule has 5 nitrogen and oxygen atoms in total. The smallest absolute Gasteiger partial charge is 0.150 e. The number of nitrogen functional groups attached to an aromatic ring is 1. The fraction of sp³-hybridized carbons (Fsp3) is 0.240. The molecule has 2 N–H and O–H groups in total. The normalized spacial score (nSPS) is 15.1. The van der Waals surface area contributed by atoms with E-state index in [9.17, 15) is 0 Å². The molecule has 0 spiro atoms. The van der Waals surface area contributed by atoms with Crippen molar-refractivity contribution < 1.29 is 0 Å². The zero-order valence-corrected chi connectivity index (χ0v) is 18.0. The molecule has 6 rings (SSSR count). The van der Waals surface area contributed by atoms with Gasteiger partial charge in [-0.05, 0) is 36.4 Å². The number of imidazole rings is 1. The summed E-state index contributed by atoms with van der Waals surface area (Å²) in [5.74, 6) is 2.10. The molecule has 154 valence electrons. The SMILES string of the molecule is Nc1nccn2c(C3CCCCC3)nc(-c3ccc4ccc(-c5cccs5)nc4c3)c12. The van der Waals surface area contributed by atoms with E-state index in [-0.39, 0.29) is 0 Å². The number of nitrogens with two attached hydrogens (primary N) is 1. The lowest BCUT2D eigenvalue weighted by molar-refractivity contribution is 0.428. The van der Waals surface area contributed by atoms with Gasteiger partial charge in [0.2, 0.25) is 0 Å². The van der Waals surface area contributed by atoms with Crippen LogP contribution in [0.25, 0.3) is 38.2 Å². The van der Waals surface area contributed by atoms with Crippen LogP contribution in [-0.2, 0) is 0 Å². The van der Waals surface area contributed by atoms with Crippen LogP contribution in [0.4, 0.5) is 5.82 Å². The molecular weight excluding hydrogens is 402 g/mol. The van der Waals surface area contributed by atoms with E-state index in [1.807, 2.05) is 6.20 Å². The summed E-state index contributed by atoms with van der Waals surface area (Å²) in [5, 5.41) is 3.20. The number of pyridine rings is 1. The van der Waals surface area contributed by atoms with Crippen LogP contribution in [0.2, 0.25) is 0 Å². The molecule has 5 aromatic rings. The highest BCUT2D eigenvalue weighted by molar-refractivity contribution is 7.13. The maximum atomic E-state index is 6.35. The van der Waals surface area contributed by atoms with Gasteiger partial charge in [-0.1, -0.05) is 43.5 Å². The van der Waals surface area contributed by atoms with Crippen LogP contribution in [0.5, 0.6) is 0 Å². The summed E-state index contributed by atoms with van der Waals surface area (Å²) < 4.78 is 2.16. The summed E-state index contributed by atoms with van der Waals surface area (Å²) in [4.78, 5) is 15.6. The first-order valence-electron chi connectivity index (χ1n) is 10.9. The third-order valence-electron chi connectivity index (χ3n) is 6.32. The molecule has 0 aliphatic heterocycles. The van der Waals surface area contributed by atoms with Gasteiger partial charge in [0, 0.05) is 29.3 Å². The Morgan fingerprint density at radius 2 is 1.87 bits per heavy atom. The molecule has 0 atom stereocenters. The van der Waals surface area contributed by atoms with Gasteiger partial charge in [-0.3, -0.25) is 4.40 Å². The standard InChI is InChI=1S/C25H23N5S/c26-24-23-22(29-25(30(23)13-12-27-24)17-5-2-1-3-6-17)18-9-8-16-10-11-19(28-20(16)15-18)21-7-4-14-31-21/h4,7-15,17H,1-3,5-6H2,(H2,26,27). The van der Waals surface area contributed by atoms with Gasteiger partial charge in [0.1, 0.15) is 22.9 Å². The minimum Gasteiger partial charge on any atom is -0.382 e. The summed E-state index contributed by atoms with van der Waals surface area (Å²) in [6, 6.07) is 14.8. The zero-order valence-electron chi connectivity index (χ0n) is 17.2. The van der Waals surface area contributed by atoms with Crippen molar-refractivity contribution in [2.75, 3.05) is 5.73 Å². The van der Waals surface area contributed by atoms with Gasteiger partial charge in [0.05, 0.1) is 16.1 Å². The molecule has 0 unspecified atom stereocenters. The highest BCUT2D eigenvalue weighted by atomic mass is 32.1. The van der Waals surface area contributed by atoms with Crippen LogP contribution < -0.4 is 5.73 Å². The van der Waals surface area contributed by atoms with Crippen molar-refractivity contribution in [1.82, 2.24) is 19.4 Å². The summed E-state index contributed by atoms with van der Waals surface area (Å²) in [6.07, 6.45) is 9.99. The Morgan fingerprint density at radius 3 is 2.71 bits per heavy atom. The lowest BCUT2D eigenvalue weighted by atomic mass is 9.89. The average molecular weight is 426 g/mol. The second-order valence-electron chi connectivity index (χ2n) is 8.27. The van der Waals surface area contributed by atoms with Crippen molar-refractivity contribution in [3.8, 4) is 21.8 Å². The van der Waals surface area contributed by atoms with Crippen LogP contribution in [0.1, 0.15) is 43.8 Å². The van der Waals surface area contributed by atoms with Crippen molar-refractivity contribution in [3.63, 3.8) is 0 Å². The van der Waals surface area contributed by atoms with Gasteiger partial charge in [0.25, 0.3) is 0 Å². The molecule has 0 amide bonds. The molecular formula is C25H23N5S. The Morgan fingerprint density at radius 1 is 1.00 bits per heavy atom. The molecule has 4 heterocycles. The number of anilines is 1. The average Bonchev–Trinajstić information content (AvgIpc) is 3.48. The predicted octanol–water partition coefficient (Wildman–Crippen LogP) is 6.30. The molecule has 1 saturated carbocycles. The molecule has 1 fully saturated rings. The Labute approximate surface area is 184 Å².